The molecule has 0 radical (unpaired) electrons. The predicted molar refractivity (Wildman–Crippen MR) is 60.3 cm³/mol. The fourth-order valence-corrected chi connectivity index (χ4v) is 1.74. The van der Waals surface area contributed by atoms with Gasteiger partial charge in [-0.1, -0.05) is 0 Å². The molecule has 1 amide bonds. The molecule has 3 N–H and O–H groups in total. The zero-order chi connectivity index (χ0) is 13.5. The molecule has 18 heavy (non-hydrogen) atoms. The second-order valence-electron chi connectivity index (χ2n) is 4.76. The van der Waals surface area contributed by atoms with Crippen molar-refractivity contribution < 1.29 is 18.0 Å². The lowest BCUT2D eigenvalue weighted by atomic mass is 9.96. The molecule has 1 aliphatic rings. The van der Waals surface area contributed by atoms with Crippen LogP contribution in [0.4, 0.5) is 18.9 Å². The smallest absolute Gasteiger partial charge is 0.244 e. The van der Waals surface area contributed by atoms with Crippen LogP contribution in [0.2, 0.25) is 0 Å². The third kappa shape index (κ3) is 2.33. The number of halogens is 3. The Balaban J connectivity index is 2.19. The van der Waals surface area contributed by atoms with Gasteiger partial charge in [0.2, 0.25) is 5.91 Å². The van der Waals surface area contributed by atoms with Gasteiger partial charge in [0.25, 0.3) is 0 Å². The Bertz CT molecular complexity index is 498. The van der Waals surface area contributed by atoms with Gasteiger partial charge >= 0.3 is 0 Å². The third-order valence-corrected chi connectivity index (χ3v) is 3.17. The van der Waals surface area contributed by atoms with Crippen molar-refractivity contribution in [3.63, 3.8) is 0 Å². The molecule has 1 unspecified atom stereocenters. The number of rotatable bonds is 3. The molecule has 1 aromatic rings. The lowest BCUT2D eigenvalue weighted by molar-refractivity contribution is -0.121. The van der Waals surface area contributed by atoms with Crippen molar-refractivity contribution in [2.75, 3.05) is 5.32 Å². The molecule has 0 bridgehead atoms. The minimum atomic E-state index is -1.30. The van der Waals surface area contributed by atoms with E-state index in [2.05, 4.69) is 5.32 Å². The summed E-state index contributed by atoms with van der Waals surface area (Å²) < 4.78 is 39.0. The molecule has 1 fully saturated rings. The van der Waals surface area contributed by atoms with Crippen molar-refractivity contribution in [3.05, 3.63) is 29.6 Å². The standard InChI is InChI=1S/C12H13F3N2O/c1-12(16,6-2-3-6)11(18)17-10-5-8(14)7(13)4-9(10)15/h4-6H,2-3,16H2,1H3,(H,17,18). The summed E-state index contributed by atoms with van der Waals surface area (Å²) in [6, 6.07) is 0.988. The van der Waals surface area contributed by atoms with Crippen LogP contribution in [0.5, 0.6) is 0 Å². The summed E-state index contributed by atoms with van der Waals surface area (Å²) in [6.45, 7) is 1.54. The number of hydrogen-bond donors (Lipinski definition) is 2. The van der Waals surface area contributed by atoms with E-state index in [1.54, 1.807) is 0 Å². The summed E-state index contributed by atoms with van der Waals surface area (Å²) in [5.74, 6) is -4.12. The number of anilines is 1. The third-order valence-electron chi connectivity index (χ3n) is 3.17. The van der Waals surface area contributed by atoms with Crippen LogP contribution >= 0.6 is 0 Å². The van der Waals surface area contributed by atoms with Crippen molar-refractivity contribution in [2.45, 2.75) is 25.3 Å². The molecule has 1 saturated carbocycles. The normalized spacial score (nSPS) is 18.3. The highest BCUT2D eigenvalue weighted by Crippen LogP contribution is 2.38. The maximum atomic E-state index is 13.3. The van der Waals surface area contributed by atoms with Crippen LogP contribution < -0.4 is 11.1 Å². The molecule has 98 valence electrons. The fraction of sp³-hybridized carbons (Fsp3) is 0.417. The Morgan fingerprint density at radius 3 is 2.39 bits per heavy atom. The highest BCUT2D eigenvalue weighted by Gasteiger charge is 2.44. The van der Waals surface area contributed by atoms with E-state index in [-0.39, 0.29) is 5.92 Å². The summed E-state index contributed by atoms with van der Waals surface area (Å²) in [6.07, 6.45) is 1.67. The first-order chi connectivity index (χ1) is 8.32. The zero-order valence-corrected chi connectivity index (χ0v) is 9.77. The average Bonchev–Trinajstić information content (AvgIpc) is 3.09. The van der Waals surface area contributed by atoms with Crippen LogP contribution in [0, 0.1) is 23.4 Å². The van der Waals surface area contributed by atoms with E-state index in [0.29, 0.717) is 12.1 Å². The Morgan fingerprint density at radius 1 is 1.28 bits per heavy atom. The van der Waals surface area contributed by atoms with Gasteiger partial charge in [0.05, 0.1) is 11.2 Å². The van der Waals surface area contributed by atoms with Crippen LogP contribution in [0.1, 0.15) is 19.8 Å². The molecule has 0 heterocycles. The maximum Gasteiger partial charge on any atom is 0.244 e. The molecule has 6 heteroatoms. The van der Waals surface area contributed by atoms with Crippen LogP contribution in [0.25, 0.3) is 0 Å². The van der Waals surface area contributed by atoms with Crippen molar-refractivity contribution >= 4 is 11.6 Å². The monoisotopic (exact) mass is 258 g/mol. The molecule has 1 aliphatic carbocycles. The Hall–Kier alpha value is -1.56. The number of carbonyl (C=O) groups is 1. The van der Waals surface area contributed by atoms with Gasteiger partial charge < -0.3 is 11.1 Å². The number of nitrogens with one attached hydrogen (secondary N) is 1. The van der Waals surface area contributed by atoms with Gasteiger partial charge in [0.15, 0.2) is 11.6 Å². The molecular weight excluding hydrogens is 245 g/mol. The summed E-state index contributed by atoms with van der Waals surface area (Å²) in [7, 11) is 0. The van der Waals surface area contributed by atoms with Gasteiger partial charge in [0.1, 0.15) is 5.82 Å². The molecule has 2 rings (SSSR count). The molecule has 1 aromatic carbocycles. The second-order valence-corrected chi connectivity index (χ2v) is 4.76. The quantitative estimate of drug-likeness (QED) is 0.816. The lowest BCUT2D eigenvalue weighted by Crippen LogP contribution is -2.50. The van der Waals surface area contributed by atoms with Gasteiger partial charge in [0, 0.05) is 12.1 Å². The average molecular weight is 258 g/mol. The largest absolute Gasteiger partial charge is 0.322 e. The van der Waals surface area contributed by atoms with Crippen molar-refractivity contribution in [1.29, 1.82) is 0 Å². The van der Waals surface area contributed by atoms with E-state index in [9.17, 15) is 18.0 Å². The van der Waals surface area contributed by atoms with E-state index < -0.39 is 34.6 Å². The van der Waals surface area contributed by atoms with Crippen molar-refractivity contribution in [1.82, 2.24) is 0 Å². The van der Waals surface area contributed by atoms with Crippen molar-refractivity contribution in [3.8, 4) is 0 Å². The number of hydrogen-bond acceptors (Lipinski definition) is 2. The second kappa shape index (κ2) is 4.28. The van der Waals surface area contributed by atoms with Gasteiger partial charge in [-0.05, 0) is 25.7 Å². The molecule has 0 saturated heterocycles. The molecule has 1 atom stereocenters. The van der Waals surface area contributed by atoms with E-state index in [4.69, 9.17) is 5.73 Å². The fourth-order valence-electron chi connectivity index (χ4n) is 1.74. The maximum absolute atomic E-state index is 13.3. The lowest BCUT2D eigenvalue weighted by Gasteiger charge is -2.23. The Kier molecular flexibility index (Phi) is 3.06. The molecule has 0 aliphatic heterocycles. The van der Waals surface area contributed by atoms with Crippen LogP contribution in [-0.4, -0.2) is 11.4 Å². The molecule has 3 nitrogen and oxygen atoms in total. The van der Waals surface area contributed by atoms with Crippen LogP contribution in [0.3, 0.4) is 0 Å². The molecule has 0 spiro atoms. The summed E-state index contributed by atoms with van der Waals surface area (Å²) in [5, 5.41) is 2.19. The SMILES string of the molecule is CC(N)(C(=O)Nc1cc(F)c(F)cc1F)C1CC1. The highest BCUT2D eigenvalue weighted by atomic mass is 19.2. The van der Waals surface area contributed by atoms with Crippen LogP contribution in [-0.2, 0) is 4.79 Å². The number of nitrogens with two attached hydrogens (primary N) is 1. The van der Waals surface area contributed by atoms with Gasteiger partial charge in [-0.2, -0.15) is 0 Å². The number of amides is 1. The topological polar surface area (TPSA) is 55.1 Å². The molecular formula is C12H13F3N2O. The minimum absolute atomic E-state index is 0.0471. The Labute approximate surface area is 102 Å². The van der Waals surface area contributed by atoms with E-state index in [1.807, 2.05) is 0 Å². The first-order valence-corrected chi connectivity index (χ1v) is 5.57. The predicted octanol–water partition coefficient (Wildman–Crippen LogP) is 2.17. The highest BCUT2D eigenvalue weighted by molar-refractivity contribution is 5.98. The summed E-state index contributed by atoms with van der Waals surface area (Å²) in [5.41, 5.74) is 4.30. The van der Waals surface area contributed by atoms with Crippen LogP contribution in [0.15, 0.2) is 12.1 Å². The van der Waals surface area contributed by atoms with E-state index >= 15 is 0 Å². The van der Waals surface area contributed by atoms with Gasteiger partial charge in [-0.15, -0.1) is 0 Å². The van der Waals surface area contributed by atoms with Crippen molar-refractivity contribution in [2.24, 2.45) is 11.7 Å². The van der Waals surface area contributed by atoms with E-state index in [1.165, 1.54) is 6.92 Å². The molecule has 0 aromatic heterocycles. The van der Waals surface area contributed by atoms with Gasteiger partial charge in [-0.25, -0.2) is 13.2 Å². The van der Waals surface area contributed by atoms with E-state index in [0.717, 1.165) is 12.8 Å². The number of benzene rings is 1. The zero-order valence-electron chi connectivity index (χ0n) is 9.77. The van der Waals surface area contributed by atoms with Gasteiger partial charge in [-0.3, -0.25) is 4.79 Å². The first-order valence-electron chi connectivity index (χ1n) is 5.57. The number of carbonyl (C=O) groups excluding carboxylic acids is 1. The summed E-state index contributed by atoms with van der Waals surface area (Å²) >= 11 is 0. The Morgan fingerprint density at radius 2 is 1.83 bits per heavy atom. The summed E-state index contributed by atoms with van der Waals surface area (Å²) in [4.78, 5) is 11.8. The first kappa shape index (κ1) is 12.9. The minimum Gasteiger partial charge on any atom is -0.322 e.